The van der Waals surface area contributed by atoms with Crippen LogP contribution in [0.1, 0.15) is 29.6 Å². The number of thioether (sulfide) groups is 1. The number of rotatable bonds is 6. The fourth-order valence-electron chi connectivity index (χ4n) is 2.72. The molecule has 24 heavy (non-hydrogen) atoms. The number of hydrogen-bond donors (Lipinski definition) is 0. The molecule has 1 aromatic heterocycles. The Hall–Kier alpha value is -2.08. The Morgan fingerprint density at radius 1 is 1.21 bits per heavy atom. The van der Waals surface area contributed by atoms with E-state index < -0.39 is 0 Å². The Kier molecular flexibility index (Phi) is 5.69. The molecule has 0 radical (unpaired) electrons. The van der Waals surface area contributed by atoms with Gasteiger partial charge in [0.15, 0.2) is 5.78 Å². The molecule has 1 aliphatic rings. The first-order valence-electron chi connectivity index (χ1n) is 8.13. The summed E-state index contributed by atoms with van der Waals surface area (Å²) in [5, 5.41) is 0.835. The Balaban J connectivity index is 1.62. The highest BCUT2D eigenvalue weighted by Gasteiger charge is 2.14. The van der Waals surface area contributed by atoms with E-state index in [4.69, 9.17) is 4.74 Å². The summed E-state index contributed by atoms with van der Waals surface area (Å²) in [4.78, 5) is 23.3. The molecular weight excluding hydrogens is 322 g/mol. The van der Waals surface area contributed by atoms with Crippen LogP contribution in [-0.2, 0) is 0 Å². The predicted octanol–water partition coefficient (Wildman–Crippen LogP) is 3.45. The van der Waals surface area contributed by atoms with E-state index in [1.807, 2.05) is 24.3 Å². The smallest absolute Gasteiger partial charge is 0.173 e. The number of carbonyl (C=O) groups excluding carboxylic acids is 1. The van der Waals surface area contributed by atoms with E-state index in [0.29, 0.717) is 17.1 Å². The van der Waals surface area contributed by atoms with Crippen LogP contribution in [0.4, 0.5) is 5.82 Å². The Labute approximate surface area is 146 Å². The minimum atomic E-state index is 0.0667. The summed E-state index contributed by atoms with van der Waals surface area (Å²) in [6, 6.07) is 9.22. The molecule has 0 N–H and O–H groups in total. The third-order valence-electron chi connectivity index (χ3n) is 4.05. The van der Waals surface area contributed by atoms with Crippen LogP contribution in [0.5, 0.6) is 5.75 Å². The highest BCUT2D eigenvalue weighted by atomic mass is 32.2. The molecule has 6 heteroatoms. The van der Waals surface area contributed by atoms with Gasteiger partial charge in [-0.25, -0.2) is 9.97 Å². The van der Waals surface area contributed by atoms with Gasteiger partial charge < -0.3 is 9.64 Å². The maximum atomic E-state index is 12.3. The lowest BCUT2D eigenvalue weighted by Gasteiger charge is -2.27. The van der Waals surface area contributed by atoms with Crippen molar-refractivity contribution >= 4 is 23.4 Å². The monoisotopic (exact) mass is 343 g/mol. The van der Waals surface area contributed by atoms with Crippen molar-refractivity contribution in [3.05, 3.63) is 42.2 Å². The lowest BCUT2D eigenvalue weighted by Crippen LogP contribution is -2.30. The van der Waals surface area contributed by atoms with Gasteiger partial charge in [-0.3, -0.25) is 4.79 Å². The van der Waals surface area contributed by atoms with E-state index in [2.05, 4.69) is 14.9 Å². The van der Waals surface area contributed by atoms with E-state index >= 15 is 0 Å². The van der Waals surface area contributed by atoms with Crippen molar-refractivity contribution in [2.24, 2.45) is 0 Å². The van der Waals surface area contributed by atoms with Crippen molar-refractivity contribution in [2.75, 3.05) is 30.9 Å². The van der Waals surface area contributed by atoms with Gasteiger partial charge in [-0.05, 0) is 31.4 Å². The first-order chi connectivity index (χ1) is 11.8. The van der Waals surface area contributed by atoms with Gasteiger partial charge in [-0.2, -0.15) is 0 Å². The largest absolute Gasteiger partial charge is 0.497 e. The summed E-state index contributed by atoms with van der Waals surface area (Å²) in [5.74, 6) is 2.07. The normalized spacial score (nSPS) is 14.5. The van der Waals surface area contributed by atoms with Crippen LogP contribution >= 0.6 is 11.8 Å². The maximum Gasteiger partial charge on any atom is 0.173 e. The lowest BCUT2D eigenvalue weighted by atomic mass is 10.1. The number of aromatic nitrogens is 2. The zero-order chi connectivity index (χ0) is 16.8. The van der Waals surface area contributed by atoms with Crippen LogP contribution in [0.25, 0.3) is 0 Å². The van der Waals surface area contributed by atoms with Crippen molar-refractivity contribution in [1.29, 1.82) is 0 Å². The molecule has 1 aromatic carbocycles. The lowest BCUT2D eigenvalue weighted by molar-refractivity contribution is 0.102. The number of hydrogen-bond acceptors (Lipinski definition) is 6. The Bertz CT molecular complexity index is 702. The number of methoxy groups -OCH3 is 1. The number of carbonyl (C=O) groups is 1. The molecule has 0 amide bonds. The summed E-state index contributed by atoms with van der Waals surface area (Å²) in [5.41, 5.74) is 0.659. The SMILES string of the molecule is COc1cccc(C(=O)CSc2cc(N3CCCCC3)ncn2)c1. The van der Waals surface area contributed by atoms with Crippen molar-refractivity contribution < 1.29 is 9.53 Å². The van der Waals surface area contributed by atoms with Crippen LogP contribution in [0.3, 0.4) is 0 Å². The minimum absolute atomic E-state index is 0.0667. The van der Waals surface area contributed by atoms with Gasteiger partial charge in [-0.1, -0.05) is 23.9 Å². The first-order valence-corrected chi connectivity index (χ1v) is 9.12. The highest BCUT2D eigenvalue weighted by molar-refractivity contribution is 7.99. The molecule has 0 saturated carbocycles. The zero-order valence-electron chi connectivity index (χ0n) is 13.8. The zero-order valence-corrected chi connectivity index (χ0v) is 14.6. The number of ether oxygens (including phenoxy) is 1. The van der Waals surface area contributed by atoms with Crippen LogP contribution in [0, 0.1) is 0 Å². The average molecular weight is 343 g/mol. The number of ketones is 1. The van der Waals surface area contributed by atoms with E-state index in [9.17, 15) is 4.79 Å². The molecule has 1 fully saturated rings. The molecule has 0 unspecified atom stereocenters. The molecule has 2 aromatic rings. The molecule has 0 aliphatic carbocycles. The maximum absolute atomic E-state index is 12.3. The van der Waals surface area contributed by atoms with Gasteiger partial charge in [-0.15, -0.1) is 0 Å². The van der Waals surface area contributed by atoms with Gasteiger partial charge in [0.25, 0.3) is 0 Å². The molecule has 2 heterocycles. The van der Waals surface area contributed by atoms with Gasteiger partial charge in [0.1, 0.15) is 22.9 Å². The van der Waals surface area contributed by atoms with Crippen LogP contribution < -0.4 is 9.64 Å². The predicted molar refractivity (Wildman–Crippen MR) is 96.1 cm³/mol. The van der Waals surface area contributed by atoms with Crippen molar-refractivity contribution in [1.82, 2.24) is 9.97 Å². The second-order valence-corrected chi connectivity index (χ2v) is 6.70. The van der Waals surface area contributed by atoms with E-state index in [1.54, 1.807) is 19.5 Å². The third-order valence-corrected chi connectivity index (χ3v) is 4.98. The highest BCUT2D eigenvalue weighted by Crippen LogP contribution is 2.23. The molecule has 5 nitrogen and oxygen atoms in total. The van der Waals surface area contributed by atoms with Gasteiger partial charge in [0, 0.05) is 24.7 Å². The minimum Gasteiger partial charge on any atom is -0.497 e. The van der Waals surface area contributed by atoms with Gasteiger partial charge in [0.05, 0.1) is 12.9 Å². The summed E-state index contributed by atoms with van der Waals surface area (Å²) < 4.78 is 5.17. The van der Waals surface area contributed by atoms with E-state index in [1.165, 1.54) is 31.0 Å². The van der Waals surface area contributed by atoms with Crippen molar-refractivity contribution in [3.63, 3.8) is 0 Å². The quantitative estimate of drug-likeness (QED) is 0.455. The van der Waals surface area contributed by atoms with Crippen LogP contribution in [-0.4, -0.2) is 41.7 Å². The van der Waals surface area contributed by atoms with Crippen molar-refractivity contribution in [2.45, 2.75) is 24.3 Å². The molecular formula is C18H21N3O2S. The molecule has 0 spiro atoms. The standard InChI is InChI=1S/C18H21N3O2S/c1-23-15-7-5-6-14(10-15)16(22)12-24-18-11-17(19-13-20-18)21-8-3-2-4-9-21/h5-7,10-11,13H,2-4,8-9,12H2,1H3. The summed E-state index contributed by atoms with van der Waals surface area (Å²) in [7, 11) is 1.60. The molecule has 1 aliphatic heterocycles. The van der Waals surface area contributed by atoms with Gasteiger partial charge in [0.2, 0.25) is 0 Å². The van der Waals surface area contributed by atoms with Crippen LogP contribution in [0.15, 0.2) is 41.7 Å². The van der Waals surface area contributed by atoms with E-state index in [-0.39, 0.29) is 5.78 Å². The number of benzene rings is 1. The molecule has 0 atom stereocenters. The Morgan fingerprint density at radius 2 is 2.04 bits per heavy atom. The summed E-state index contributed by atoms with van der Waals surface area (Å²) in [6.45, 7) is 2.09. The fourth-order valence-corrected chi connectivity index (χ4v) is 3.48. The number of piperidine rings is 1. The fraction of sp³-hybridized carbons (Fsp3) is 0.389. The van der Waals surface area contributed by atoms with Crippen LogP contribution in [0.2, 0.25) is 0 Å². The summed E-state index contributed by atoms with van der Waals surface area (Å²) in [6.07, 6.45) is 5.29. The topological polar surface area (TPSA) is 55.3 Å². The number of nitrogens with zero attached hydrogens (tertiary/aromatic N) is 3. The molecule has 0 bridgehead atoms. The molecule has 126 valence electrons. The third kappa shape index (κ3) is 4.26. The van der Waals surface area contributed by atoms with Crippen molar-refractivity contribution in [3.8, 4) is 5.75 Å². The average Bonchev–Trinajstić information content (AvgIpc) is 2.67. The molecule has 3 rings (SSSR count). The second-order valence-electron chi connectivity index (χ2n) is 5.71. The first kappa shape index (κ1) is 16.8. The van der Waals surface area contributed by atoms with Gasteiger partial charge >= 0.3 is 0 Å². The number of Topliss-reactive ketones (excluding diaryl/α,β-unsaturated/α-hetero) is 1. The Morgan fingerprint density at radius 3 is 2.83 bits per heavy atom. The molecule has 1 saturated heterocycles. The number of anilines is 1. The summed E-state index contributed by atoms with van der Waals surface area (Å²) >= 11 is 1.45. The second kappa shape index (κ2) is 8.15. The van der Waals surface area contributed by atoms with E-state index in [0.717, 1.165) is 23.9 Å².